The van der Waals surface area contributed by atoms with Crippen LogP contribution in [-0.4, -0.2) is 11.5 Å². The Morgan fingerprint density at radius 3 is 2.43 bits per heavy atom. The molecule has 0 unspecified atom stereocenters. The van der Waals surface area contributed by atoms with Gasteiger partial charge >= 0.3 is 6.18 Å². The van der Waals surface area contributed by atoms with E-state index in [4.69, 9.17) is 4.74 Å². The third-order valence-corrected chi connectivity index (χ3v) is 4.31. The van der Waals surface area contributed by atoms with E-state index in [0.717, 1.165) is 11.1 Å². The molecule has 0 bridgehead atoms. The van der Waals surface area contributed by atoms with Gasteiger partial charge in [0.1, 0.15) is 23.7 Å². The number of aromatic hydroxyl groups is 1. The van der Waals surface area contributed by atoms with Crippen molar-refractivity contribution in [3.05, 3.63) is 58.1 Å². The van der Waals surface area contributed by atoms with Crippen molar-refractivity contribution in [2.24, 2.45) is 5.92 Å². The predicted molar refractivity (Wildman–Crippen MR) is 100 cm³/mol. The van der Waals surface area contributed by atoms with Crippen molar-refractivity contribution in [3.63, 3.8) is 0 Å². The van der Waals surface area contributed by atoms with E-state index in [1.807, 2.05) is 20.8 Å². The number of phenols is 1. The normalized spacial score (nSPS) is 11.5. The van der Waals surface area contributed by atoms with Crippen molar-refractivity contribution in [1.29, 1.82) is 0 Å². The van der Waals surface area contributed by atoms with E-state index in [0.29, 0.717) is 24.9 Å². The average Bonchev–Trinajstić information content (AvgIpc) is 2.59. The van der Waals surface area contributed by atoms with E-state index in [-0.39, 0.29) is 18.1 Å². The number of hydrogen-bond acceptors (Lipinski definition) is 3. The molecule has 0 saturated carbocycles. The first-order valence-electron chi connectivity index (χ1n) is 8.93. The van der Waals surface area contributed by atoms with Crippen LogP contribution in [0.4, 0.5) is 13.2 Å². The highest BCUT2D eigenvalue weighted by Crippen LogP contribution is 2.44. The Kier molecular flexibility index (Phi) is 6.94. The van der Waals surface area contributed by atoms with Gasteiger partial charge in [0, 0.05) is 6.54 Å². The third kappa shape index (κ3) is 5.41. The van der Waals surface area contributed by atoms with E-state index in [2.05, 4.69) is 5.32 Å². The van der Waals surface area contributed by atoms with Crippen LogP contribution in [0.3, 0.4) is 0 Å². The molecular formula is C21H24F3NO3. The van der Waals surface area contributed by atoms with Crippen LogP contribution in [0.2, 0.25) is 0 Å². The summed E-state index contributed by atoms with van der Waals surface area (Å²) in [4.78, 5) is 10.4. The van der Waals surface area contributed by atoms with Crippen LogP contribution in [0.1, 0.15) is 41.7 Å². The number of nitrogens with one attached hydrogen (secondary N) is 1. The summed E-state index contributed by atoms with van der Waals surface area (Å²) in [5.74, 6) is -1.07. The van der Waals surface area contributed by atoms with Gasteiger partial charge in [-0.1, -0.05) is 38.1 Å². The largest absolute Gasteiger partial charge is 0.507 e. The summed E-state index contributed by atoms with van der Waals surface area (Å²) in [5, 5.41) is 12.7. The van der Waals surface area contributed by atoms with Gasteiger partial charge in [-0.25, -0.2) is 0 Å². The molecule has 4 nitrogen and oxygen atoms in total. The molecule has 2 rings (SSSR count). The van der Waals surface area contributed by atoms with Crippen molar-refractivity contribution in [2.45, 2.75) is 46.5 Å². The highest BCUT2D eigenvalue weighted by molar-refractivity contribution is 5.51. The first kappa shape index (κ1) is 21.6. The van der Waals surface area contributed by atoms with Gasteiger partial charge in [0.15, 0.2) is 0 Å². The Morgan fingerprint density at radius 1 is 1.18 bits per heavy atom. The third-order valence-electron chi connectivity index (χ3n) is 4.31. The zero-order chi connectivity index (χ0) is 20.9. The molecule has 0 heterocycles. The van der Waals surface area contributed by atoms with Gasteiger partial charge in [0.05, 0.1) is 0 Å². The highest BCUT2D eigenvalue weighted by atomic mass is 19.4. The number of alkyl halides is 3. The Balaban J connectivity index is 2.25. The average molecular weight is 395 g/mol. The SMILES string of the molecule is Cc1cc(COc2ccc(CC(C)C)c(O)c2C(F)(F)F)ccc1CNC=O. The lowest BCUT2D eigenvalue weighted by molar-refractivity contribution is -0.140. The summed E-state index contributed by atoms with van der Waals surface area (Å²) in [6.45, 7) is 5.88. The maximum Gasteiger partial charge on any atom is 0.423 e. The molecule has 0 atom stereocenters. The fourth-order valence-corrected chi connectivity index (χ4v) is 2.97. The molecule has 2 aromatic rings. The quantitative estimate of drug-likeness (QED) is 0.635. The molecule has 0 aliphatic rings. The number of carbonyl (C=O) groups is 1. The minimum absolute atomic E-state index is 0.0751. The second-order valence-electron chi connectivity index (χ2n) is 7.09. The van der Waals surface area contributed by atoms with E-state index >= 15 is 0 Å². The van der Waals surface area contributed by atoms with E-state index in [1.165, 1.54) is 12.1 Å². The summed E-state index contributed by atoms with van der Waals surface area (Å²) in [6, 6.07) is 8.05. The molecule has 2 aromatic carbocycles. The van der Waals surface area contributed by atoms with Crippen LogP contribution in [0, 0.1) is 12.8 Å². The number of phenolic OH excluding ortho intramolecular Hbond substituents is 1. The Morgan fingerprint density at radius 2 is 1.86 bits per heavy atom. The van der Waals surface area contributed by atoms with Crippen molar-refractivity contribution in [1.82, 2.24) is 5.32 Å². The molecule has 152 valence electrons. The molecule has 7 heteroatoms. The van der Waals surface area contributed by atoms with Crippen molar-refractivity contribution < 1.29 is 27.8 Å². The lowest BCUT2D eigenvalue weighted by atomic mass is 9.98. The number of amides is 1. The topological polar surface area (TPSA) is 58.6 Å². The lowest BCUT2D eigenvalue weighted by Crippen LogP contribution is -2.12. The Hall–Kier alpha value is -2.70. The molecule has 0 saturated heterocycles. The van der Waals surface area contributed by atoms with E-state index < -0.39 is 23.2 Å². The first-order chi connectivity index (χ1) is 13.1. The fourth-order valence-electron chi connectivity index (χ4n) is 2.97. The van der Waals surface area contributed by atoms with Gasteiger partial charge in [0.25, 0.3) is 0 Å². The van der Waals surface area contributed by atoms with Crippen LogP contribution in [0.5, 0.6) is 11.5 Å². The van der Waals surface area contributed by atoms with Gasteiger partial charge in [-0.15, -0.1) is 0 Å². The number of hydrogen-bond donors (Lipinski definition) is 2. The van der Waals surface area contributed by atoms with Crippen LogP contribution in [-0.2, 0) is 30.5 Å². The summed E-state index contributed by atoms with van der Waals surface area (Å²) in [5.41, 5.74) is 1.59. The molecule has 28 heavy (non-hydrogen) atoms. The van der Waals surface area contributed by atoms with Crippen LogP contribution >= 0.6 is 0 Å². The van der Waals surface area contributed by atoms with Crippen LogP contribution in [0.15, 0.2) is 30.3 Å². The summed E-state index contributed by atoms with van der Waals surface area (Å²) < 4.78 is 46.0. The molecular weight excluding hydrogens is 371 g/mol. The highest BCUT2D eigenvalue weighted by Gasteiger charge is 2.39. The number of halogens is 3. The number of ether oxygens (including phenoxy) is 1. The van der Waals surface area contributed by atoms with Crippen molar-refractivity contribution >= 4 is 6.41 Å². The minimum Gasteiger partial charge on any atom is -0.507 e. The van der Waals surface area contributed by atoms with Gasteiger partial charge < -0.3 is 15.2 Å². The Bertz CT molecular complexity index is 832. The first-order valence-corrected chi connectivity index (χ1v) is 8.93. The Labute approximate surface area is 162 Å². The standard InChI is InChI=1S/C21H24F3NO3/c1-13(2)8-16-6-7-18(19(20(16)27)21(22,23)24)28-11-15-4-5-17(10-25-12-26)14(3)9-15/h4-7,9,12-13,27H,8,10-11H2,1-3H3,(H,25,26). The van der Waals surface area contributed by atoms with Gasteiger partial charge in [-0.05, 0) is 47.6 Å². The minimum atomic E-state index is -4.73. The number of carbonyl (C=O) groups excluding carboxylic acids is 1. The van der Waals surface area contributed by atoms with Crippen molar-refractivity contribution in [3.8, 4) is 11.5 Å². The van der Waals surface area contributed by atoms with Crippen LogP contribution < -0.4 is 10.1 Å². The molecule has 0 aliphatic heterocycles. The molecule has 0 aromatic heterocycles. The second-order valence-corrected chi connectivity index (χ2v) is 7.09. The molecule has 0 radical (unpaired) electrons. The van der Waals surface area contributed by atoms with Gasteiger partial charge in [-0.3, -0.25) is 4.79 Å². The molecule has 1 amide bonds. The van der Waals surface area contributed by atoms with Gasteiger partial charge in [-0.2, -0.15) is 13.2 Å². The number of rotatable bonds is 8. The molecule has 0 aliphatic carbocycles. The predicted octanol–water partition coefficient (Wildman–Crippen LogP) is 4.74. The zero-order valence-corrected chi connectivity index (χ0v) is 16.1. The van der Waals surface area contributed by atoms with Gasteiger partial charge in [0.2, 0.25) is 6.41 Å². The number of aryl methyl sites for hydroxylation is 1. The summed E-state index contributed by atoms with van der Waals surface area (Å²) >= 11 is 0. The molecule has 0 spiro atoms. The monoisotopic (exact) mass is 395 g/mol. The zero-order valence-electron chi connectivity index (χ0n) is 16.1. The lowest BCUT2D eigenvalue weighted by Gasteiger charge is -2.18. The van der Waals surface area contributed by atoms with Crippen molar-refractivity contribution in [2.75, 3.05) is 0 Å². The van der Waals surface area contributed by atoms with E-state index in [1.54, 1.807) is 18.2 Å². The molecule has 2 N–H and O–H groups in total. The maximum atomic E-state index is 13.5. The smallest absolute Gasteiger partial charge is 0.423 e. The fraction of sp³-hybridized carbons (Fsp3) is 0.381. The second kappa shape index (κ2) is 8.99. The van der Waals surface area contributed by atoms with E-state index in [9.17, 15) is 23.1 Å². The summed E-state index contributed by atoms with van der Waals surface area (Å²) in [7, 11) is 0. The van der Waals surface area contributed by atoms with Crippen LogP contribution in [0.25, 0.3) is 0 Å². The summed E-state index contributed by atoms with van der Waals surface area (Å²) in [6.07, 6.45) is -3.79. The maximum absolute atomic E-state index is 13.5. The number of benzene rings is 2. The molecule has 0 fully saturated rings.